The van der Waals surface area contributed by atoms with Crippen LogP contribution in [0.25, 0.3) is 0 Å². The Labute approximate surface area is 253 Å². The van der Waals surface area contributed by atoms with Gasteiger partial charge in [0, 0.05) is 12.6 Å². The second-order valence-corrected chi connectivity index (χ2v) is 24.3. The van der Waals surface area contributed by atoms with Crippen LogP contribution in [0.4, 0.5) is 0 Å². The second kappa shape index (κ2) is 13.8. The molecule has 228 valence electrons. The van der Waals surface area contributed by atoms with Crippen molar-refractivity contribution < 1.29 is 13.6 Å². The van der Waals surface area contributed by atoms with Crippen LogP contribution < -0.4 is 0 Å². The summed E-state index contributed by atoms with van der Waals surface area (Å²) >= 11 is 0. The first-order chi connectivity index (χ1) is 19.0. The molecule has 1 fully saturated rings. The van der Waals surface area contributed by atoms with Crippen LogP contribution in [0.5, 0.6) is 0 Å². The van der Waals surface area contributed by atoms with Gasteiger partial charge in [-0.05, 0) is 60.7 Å². The Morgan fingerprint density at radius 2 is 1.37 bits per heavy atom. The van der Waals surface area contributed by atoms with Gasteiger partial charge in [0.25, 0.3) is 0 Å². The monoisotopic (exact) mass is 595 g/mol. The molecule has 0 N–H and O–H groups in total. The van der Waals surface area contributed by atoms with Crippen LogP contribution in [0.1, 0.15) is 72.1 Å². The van der Waals surface area contributed by atoms with Crippen LogP contribution in [-0.4, -0.2) is 52.9 Å². The minimum absolute atomic E-state index is 0.0160. The van der Waals surface area contributed by atoms with Gasteiger partial charge in [-0.15, -0.1) is 0 Å². The standard InChI is InChI=1S/C35H57NO3Si2/c1-28(30-22-16-13-17-23-30)36-26-32(38-40(8,9)34(2,3)4)33(39-41(10,11)35(5,6)7)31(36)24-18-19-25-37-27-29-20-14-12-15-21-29/h12-18,20-24,28,31-33H,19,25-27H2,1-11H3/b24-18-/t28-,31+,32+,33+/m1/s1. The molecule has 0 saturated carbocycles. The lowest BCUT2D eigenvalue weighted by Crippen LogP contribution is -2.53. The van der Waals surface area contributed by atoms with E-state index in [1.807, 2.05) is 6.07 Å². The zero-order chi connectivity index (χ0) is 30.5. The normalized spacial score (nSPS) is 22.0. The van der Waals surface area contributed by atoms with Gasteiger partial charge in [0.1, 0.15) is 0 Å². The molecule has 1 aliphatic heterocycles. The van der Waals surface area contributed by atoms with Gasteiger partial charge in [0.05, 0.1) is 31.5 Å². The van der Waals surface area contributed by atoms with Gasteiger partial charge in [0.15, 0.2) is 16.6 Å². The van der Waals surface area contributed by atoms with Crippen LogP contribution in [0, 0.1) is 0 Å². The first-order valence-corrected chi connectivity index (χ1v) is 21.3. The van der Waals surface area contributed by atoms with E-state index >= 15 is 0 Å². The van der Waals surface area contributed by atoms with Crippen molar-refractivity contribution in [1.82, 2.24) is 4.90 Å². The molecule has 0 radical (unpaired) electrons. The quantitative estimate of drug-likeness (QED) is 0.139. The number of nitrogens with zero attached hydrogens (tertiary/aromatic N) is 1. The van der Waals surface area contributed by atoms with Crippen molar-refractivity contribution in [3.63, 3.8) is 0 Å². The lowest BCUT2D eigenvalue weighted by atomic mass is 10.0. The van der Waals surface area contributed by atoms with Crippen LogP contribution >= 0.6 is 0 Å². The maximum atomic E-state index is 7.31. The molecule has 0 bridgehead atoms. The summed E-state index contributed by atoms with van der Waals surface area (Å²) in [5.41, 5.74) is 2.54. The van der Waals surface area contributed by atoms with E-state index in [9.17, 15) is 0 Å². The number of rotatable bonds is 12. The zero-order valence-electron chi connectivity index (χ0n) is 27.7. The topological polar surface area (TPSA) is 30.9 Å². The van der Waals surface area contributed by atoms with Crippen LogP contribution in [0.2, 0.25) is 36.3 Å². The van der Waals surface area contributed by atoms with Gasteiger partial charge in [-0.1, -0.05) is 114 Å². The lowest BCUT2D eigenvalue weighted by molar-refractivity contribution is 0.0601. The fourth-order valence-electron chi connectivity index (χ4n) is 4.87. The number of benzene rings is 2. The molecule has 6 heteroatoms. The van der Waals surface area contributed by atoms with Gasteiger partial charge >= 0.3 is 0 Å². The van der Waals surface area contributed by atoms with E-state index < -0.39 is 16.6 Å². The third kappa shape index (κ3) is 8.98. The summed E-state index contributed by atoms with van der Waals surface area (Å²) in [5.74, 6) is 0. The van der Waals surface area contributed by atoms with Crippen molar-refractivity contribution in [2.75, 3.05) is 13.2 Å². The average Bonchev–Trinajstić information content (AvgIpc) is 3.20. The molecule has 0 aromatic heterocycles. The Balaban J connectivity index is 1.89. The number of hydrogen-bond donors (Lipinski definition) is 0. The summed E-state index contributed by atoms with van der Waals surface area (Å²) in [6.07, 6.45) is 5.57. The van der Waals surface area contributed by atoms with Crippen LogP contribution in [0.15, 0.2) is 72.8 Å². The van der Waals surface area contributed by atoms with Gasteiger partial charge in [-0.25, -0.2) is 0 Å². The summed E-state index contributed by atoms with van der Waals surface area (Å²) in [6, 6.07) is 21.6. The highest BCUT2D eigenvalue weighted by Gasteiger charge is 2.51. The van der Waals surface area contributed by atoms with Gasteiger partial charge in [-0.3, -0.25) is 4.90 Å². The fraction of sp³-hybridized carbons (Fsp3) is 0.600. The highest BCUT2D eigenvalue weighted by molar-refractivity contribution is 6.74. The lowest BCUT2D eigenvalue weighted by Gasteiger charge is -2.44. The van der Waals surface area contributed by atoms with E-state index in [-0.39, 0.29) is 34.4 Å². The Morgan fingerprint density at radius 3 is 1.93 bits per heavy atom. The summed E-state index contributed by atoms with van der Waals surface area (Å²) in [7, 11) is -4.09. The summed E-state index contributed by atoms with van der Waals surface area (Å²) < 4.78 is 20.5. The summed E-state index contributed by atoms with van der Waals surface area (Å²) in [4.78, 5) is 2.62. The largest absolute Gasteiger partial charge is 0.410 e. The van der Waals surface area contributed by atoms with Crippen LogP contribution in [0.3, 0.4) is 0 Å². The summed E-state index contributed by atoms with van der Waals surface area (Å²) in [6.45, 7) is 28.0. The number of hydrogen-bond acceptors (Lipinski definition) is 4. The number of likely N-dealkylation sites (tertiary alicyclic amines) is 1. The van der Waals surface area contributed by atoms with Crippen molar-refractivity contribution in [3.05, 3.63) is 83.9 Å². The molecule has 2 aromatic rings. The highest BCUT2D eigenvalue weighted by atomic mass is 28.4. The maximum Gasteiger partial charge on any atom is 0.192 e. The third-order valence-electron chi connectivity index (χ3n) is 9.62. The SMILES string of the molecule is C[C@H](c1ccccc1)N1C[C@H](O[Si](C)(C)C(C)(C)C)[C@@H](O[Si](C)(C)C(C)(C)C)[C@@H]1/C=C\CCOCc1ccccc1. The van der Waals surface area contributed by atoms with Gasteiger partial charge < -0.3 is 13.6 Å². The van der Waals surface area contributed by atoms with E-state index in [2.05, 4.69) is 146 Å². The molecule has 1 saturated heterocycles. The predicted molar refractivity (Wildman–Crippen MR) is 179 cm³/mol. The third-order valence-corrected chi connectivity index (χ3v) is 18.6. The van der Waals surface area contributed by atoms with Crippen molar-refractivity contribution >= 4 is 16.6 Å². The Morgan fingerprint density at radius 1 is 0.829 bits per heavy atom. The first-order valence-electron chi connectivity index (χ1n) is 15.5. The second-order valence-electron chi connectivity index (χ2n) is 14.8. The van der Waals surface area contributed by atoms with Crippen molar-refractivity contribution in [3.8, 4) is 0 Å². The predicted octanol–water partition coefficient (Wildman–Crippen LogP) is 9.38. The molecule has 2 aromatic carbocycles. The number of ether oxygens (including phenoxy) is 1. The van der Waals surface area contributed by atoms with E-state index in [1.54, 1.807) is 0 Å². The van der Waals surface area contributed by atoms with E-state index in [0.717, 1.165) is 13.0 Å². The zero-order valence-corrected chi connectivity index (χ0v) is 29.7. The maximum absolute atomic E-state index is 7.31. The van der Waals surface area contributed by atoms with Gasteiger partial charge in [0.2, 0.25) is 0 Å². The average molecular weight is 596 g/mol. The molecule has 0 amide bonds. The van der Waals surface area contributed by atoms with Crippen molar-refractivity contribution in [1.29, 1.82) is 0 Å². The Kier molecular flexibility index (Phi) is 11.5. The Hall–Kier alpha value is -1.55. The highest BCUT2D eigenvalue weighted by Crippen LogP contribution is 2.44. The fourth-order valence-corrected chi connectivity index (χ4v) is 7.52. The van der Waals surface area contributed by atoms with Crippen molar-refractivity contribution in [2.45, 2.75) is 122 Å². The molecule has 0 spiro atoms. The minimum atomic E-state index is -2.07. The molecule has 0 aliphatic carbocycles. The van der Waals surface area contributed by atoms with E-state index in [0.29, 0.717) is 13.2 Å². The smallest absolute Gasteiger partial charge is 0.192 e. The molecular weight excluding hydrogens is 539 g/mol. The van der Waals surface area contributed by atoms with Crippen LogP contribution in [-0.2, 0) is 20.2 Å². The van der Waals surface area contributed by atoms with E-state index in [1.165, 1.54) is 11.1 Å². The van der Waals surface area contributed by atoms with Gasteiger partial charge in [-0.2, -0.15) is 0 Å². The first kappa shape index (κ1) is 33.9. The molecule has 4 atom stereocenters. The minimum Gasteiger partial charge on any atom is -0.410 e. The van der Waals surface area contributed by atoms with E-state index in [4.69, 9.17) is 13.6 Å². The molecule has 3 rings (SSSR count). The van der Waals surface area contributed by atoms with Crippen molar-refractivity contribution in [2.24, 2.45) is 0 Å². The molecule has 4 nitrogen and oxygen atoms in total. The Bertz CT molecular complexity index is 1090. The molecule has 41 heavy (non-hydrogen) atoms. The molecule has 0 unspecified atom stereocenters. The molecular formula is C35H57NO3Si2. The summed E-state index contributed by atoms with van der Waals surface area (Å²) in [5, 5.41) is 0.251. The molecule has 1 aliphatic rings. The molecule has 1 heterocycles.